The van der Waals surface area contributed by atoms with Gasteiger partial charge < -0.3 is 19.9 Å². The Labute approximate surface area is 158 Å². The molecule has 4 rings (SSSR count). The summed E-state index contributed by atoms with van der Waals surface area (Å²) in [6.45, 7) is 3.72. The molecule has 2 N–H and O–H groups in total. The van der Waals surface area contributed by atoms with Gasteiger partial charge in [0.25, 0.3) is 0 Å². The second-order valence-corrected chi connectivity index (χ2v) is 7.11. The Morgan fingerprint density at radius 2 is 1.96 bits per heavy atom. The summed E-state index contributed by atoms with van der Waals surface area (Å²) in [4.78, 5) is 30.9. The highest BCUT2D eigenvalue weighted by atomic mass is 16.5. The number of para-hydroxylation sites is 1. The van der Waals surface area contributed by atoms with Gasteiger partial charge in [0.2, 0.25) is 5.91 Å². The van der Waals surface area contributed by atoms with E-state index < -0.39 is 0 Å². The van der Waals surface area contributed by atoms with Crippen molar-refractivity contribution in [1.29, 1.82) is 0 Å². The standard InChI is InChI=1S/C21H25N3O3/c1-2-27-21(26)16-13-22-18(20(25)24-10-6-3-7-11-24)12-15-14-8-4-5-9-17(14)23-19(15)16/h4-5,8-9,13,18,22-23H,2-3,6-7,10-12H2,1H3. The summed E-state index contributed by atoms with van der Waals surface area (Å²) in [7, 11) is 0. The van der Waals surface area contributed by atoms with Crippen LogP contribution in [0.1, 0.15) is 37.4 Å². The topological polar surface area (TPSA) is 74.4 Å². The molecule has 142 valence electrons. The summed E-state index contributed by atoms with van der Waals surface area (Å²) in [5, 5.41) is 4.24. The average molecular weight is 367 g/mol. The lowest BCUT2D eigenvalue weighted by atomic mass is 9.99. The number of nitrogens with one attached hydrogen (secondary N) is 2. The molecule has 0 radical (unpaired) electrons. The van der Waals surface area contributed by atoms with Gasteiger partial charge in [-0.05, 0) is 37.8 Å². The van der Waals surface area contributed by atoms with Crippen LogP contribution in [0.3, 0.4) is 0 Å². The molecule has 2 aliphatic heterocycles. The van der Waals surface area contributed by atoms with E-state index in [0.717, 1.165) is 48.1 Å². The van der Waals surface area contributed by atoms with Crippen molar-refractivity contribution in [3.8, 4) is 0 Å². The largest absolute Gasteiger partial charge is 0.462 e. The van der Waals surface area contributed by atoms with E-state index in [0.29, 0.717) is 18.6 Å². The fourth-order valence-corrected chi connectivity index (χ4v) is 4.02. The van der Waals surface area contributed by atoms with Gasteiger partial charge >= 0.3 is 5.97 Å². The number of carbonyl (C=O) groups is 2. The monoisotopic (exact) mass is 367 g/mol. The van der Waals surface area contributed by atoms with Gasteiger partial charge in [-0.25, -0.2) is 4.79 Å². The normalized spacial score (nSPS) is 19.7. The van der Waals surface area contributed by atoms with E-state index in [1.54, 1.807) is 13.1 Å². The van der Waals surface area contributed by atoms with Gasteiger partial charge in [-0.1, -0.05) is 18.2 Å². The minimum Gasteiger partial charge on any atom is -0.462 e. The number of hydrogen-bond acceptors (Lipinski definition) is 4. The summed E-state index contributed by atoms with van der Waals surface area (Å²) in [6, 6.07) is 7.57. The van der Waals surface area contributed by atoms with Gasteiger partial charge in [0, 0.05) is 36.6 Å². The van der Waals surface area contributed by atoms with Gasteiger partial charge in [0.1, 0.15) is 6.04 Å². The van der Waals surface area contributed by atoms with Crippen LogP contribution in [-0.4, -0.2) is 47.5 Å². The van der Waals surface area contributed by atoms with E-state index in [9.17, 15) is 9.59 Å². The summed E-state index contributed by atoms with van der Waals surface area (Å²) in [5.41, 5.74) is 3.14. The maximum absolute atomic E-state index is 13.1. The predicted octanol–water partition coefficient (Wildman–Crippen LogP) is 2.60. The number of esters is 1. The number of amides is 1. The third-order valence-electron chi connectivity index (χ3n) is 5.38. The number of likely N-dealkylation sites (tertiary alicyclic amines) is 1. The lowest BCUT2D eigenvalue weighted by molar-refractivity contribution is -0.136. The van der Waals surface area contributed by atoms with Crippen molar-refractivity contribution in [1.82, 2.24) is 15.2 Å². The minimum absolute atomic E-state index is 0.104. The van der Waals surface area contributed by atoms with E-state index in [4.69, 9.17) is 4.74 Å². The lowest BCUT2D eigenvalue weighted by Gasteiger charge is -2.30. The summed E-state index contributed by atoms with van der Waals surface area (Å²) >= 11 is 0. The first-order chi connectivity index (χ1) is 13.2. The summed E-state index contributed by atoms with van der Waals surface area (Å²) < 4.78 is 5.24. The molecule has 2 aromatic rings. The van der Waals surface area contributed by atoms with E-state index in [1.165, 1.54) is 6.42 Å². The van der Waals surface area contributed by atoms with Crippen molar-refractivity contribution in [2.75, 3.05) is 19.7 Å². The summed E-state index contributed by atoms with van der Waals surface area (Å²) in [5.74, 6) is -0.281. The molecule has 1 atom stereocenters. The van der Waals surface area contributed by atoms with Crippen LogP contribution in [0.2, 0.25) is 0 Å². The Bertz CT molecular complexity index is 893. The van der Waals surface area contributed by atoms with Gasteiger partial charge in [-0.15, -0.1) is 0 Å². The van der Waals surface area contributed by atoms with Crippen LogP contribution in [0.15, 0.2) is 30.5 Å². The molecule has 1 unspecified atom stereocenters. The second kappa shape index (κ2) is 7.47. The van der Waals surface area contributed by atoms with E-state index >= 15 is 0 Å². The molecule has 1 amide bonds. The minimum atomic E-state index is -0.385. The maximum Gasteiger partial charge on any atom is 0.341 e. The Kier molecular flexibility index (Phi) is 4.88. The van der Waals surface area contributed by atoms with Crippen molar-refractivity contribution >= 4 is 28.4 Å². The maximum atomic E-state index is 13.1. The number of nitrogens with zero attached hydrogens (tertiary/aromatic N) is 1. The van der Waals surface area contributed by atoms with Gasteiger partial charge in [0.15, 0.2) is 0 Å². The first-order valence-corrected chi connectivity index (χ1v) is 9.71. The van der Waals surface area contributed by atoms with Crippen molar-refractivity contribution in [3.05, 3.63) is 41.7 Å². The first kappa shape index (κ1) is 17.6. The smallest absolute Gasteiger partial charge is 0.341 e. The van der Waals surface area contributed by atoms with E-state index in [-0.39, 0.29) is 17.9 Å². The molecule has 0 aliphatic carbocycles. The van der Waals surface area contributed by atoms with Crippen LogP contribution in [0.4, 0.5) is 0 Å². The number of hydrogen-bond donors (Lipinski definition) is 2. The third-order valence-corrected chi connectivity index (χ3v) is 5.38. The molecule has 6 nitrogen and oxygen atoms in total. The van der Waals surface area contributed by atoms with Crippen LogP contribution in [0.25, 0.3) is 16.5 Å². The zero-order chi connectivity index (χ0) is 18.8. The molecule has 0 saturated carbocycles. The molecule has 0 bridgehead atoms. The van der Waals surface area contributed by atoms with Gasteiger partial charge in [-0.2, -0.15) is 0 Å². The quantitative estimate of drug-likeness (QED) is 0.818. The number of benzene rings is 1. The van der Waals surface area contributed by atoms with Crippen molar-refractivity contribution < 1.29 is 14.3 Å². The van der Waals surface area contributed by atoms with Gasteiger partial charge in [-0.3, -0.25) is 4.79 Å². The van der Waals surface area contributed by atoms with Crippen LogP contribution in [0.5, 0.6) is 0 Å². The van der Waals surface area contributed by atoms with E-state index in [1.807, 2.05) is 29.2 Å². The Morgan fingerprint density at radius 3 is 2.74 bits per heavy atom. The van der Waals surface area contributed by atoms with Crippen LogP contribution >= 0.6 is 0 Å². The van der Waals surface area contributed by atoms with Gasteiger partial charge in [0.05, 0.1) is 17.9 Å². The van der Waals surface area contributed by atoms with Crippen molar-refractivity contribution in [2.45, 2.75) is 38.6 Å². The number of aromatic nitrogens is 1. The molecule has 27 heavy (non-hydrogen) atoms. The Morgan fingerprint density at radius 1 is 1.19 bits per heavy atom. The molecule has 1 saturated heterocycles. The molecule has 1 fully saturated rings. The molecule has 1 aromatic carbocycles. The molecule has 0 spiro atoms. The van der Waals surface area contributed by atoms with Crippen molar-refractivity contribution in [2.24, 2.45) is 0 Å². The highest BCUT2D eigenvalue weighted by molar-refractivity contribution is 6.17. The SMILES string of the molecule is CCOC(=O)C1=CNC(C(=O)N2CCCCC2)Cc2c1[nH]c1ccccc21. The number of rotatable bonds is 3. The number of H-pyrrole nitrogens is 1. The Balaban J connectivity index is 1.73. The Hall–Kier alpha value is -2.76. The number of piperidine rings is 1. The third kappa shape index (κ3) is 3.31. The van der Waals surface area contributed by atoms with Crippen LogP contribution < -0.4 is 5.32 Å². The average Bonchev–Trinajstić information content (AvgIpc) is 2.94. The van der Waals surface area contributed by atoms with Crippen LogP contribution in [-0.2, 0) is 20.7 Å². The zero-order valence-electron chi connectivity index (χ0n) is 15.6. The number of carbonyl (C=O) groups excluding carboxylic acids is 2. The second-order valence-electron chi connectivity index (χ2n) is 7.11. The van der Waals surface area contributed by atoms with E-state index in [2.05, 4.69) is 10.3 Å². The number of aromatic amines is 1. The lowest BCUT2D eigenvalue weighted by Crippen LogP contribution is -2.47. The predicted molar refractivity (Wildman–Crippen MR) is 104 cm³/mol. The summed E-state index contributed by atoms with van der Waals surface area (Å²) in [6.07, 6.45) is 5.47. The first-order valence-electron chi connectivity index (χ1n) is 9.71. The number of fused-ring (bicyclic) bond motifs is 3. The highest BCUT2D eigenvalue weighted by Crippen LogP contribution is 2.31. The van der Waals surface area contributed by atoms with Crippen molar-refractivity contribution in [3.63, 3.8) is 0 Å². The molecule has 2 aliphatic rings. The molecule has 1 aromatic heterocycles. The zero-order valence-corrected chi connectivity index (χ0v) is 15.6. The fourth-order valence-electron chi connectivity index (χ4n) is 4.02. The highest BCUT2D eigenvalue weighted by Gasteiger charge is 2.31. The molecular formula is C21H25N3O3. The molecule has 3 heterocycles. The molecule has 6 heteroatoms. The number of ether oxygens (including phenoxy) is 1. The molecular weight excluding hydrogens is 342 g/mol. The van der Waals surface area contributed by atoms with Crippen LogP contribution in [0, 0.1) is 0 Å². The fraction of sp³-hybridized carbons (Fsp3) is 0.429.